The summed E-state index contributed by atoms with van der Waals surface area (Å²) in [5.74, 6) is 1.66. The zero-order valence-corrected chi connectivity index (χ0v) is 12.5. The molecule has 0 bridgehead atoms. The molecule has 2 fully saturated rings. The molecule has 2 N–H and O–H groups in total. The van der Waals surface area contributed by atoms with Gasteiger partial charge in [0.25, 0.3) is 0 Å². The molecule has 20 heavy (non-hydrogen) atoms. The monoisotopic (exact) mass is 274 g/mol. The van der Waals surface area contributed by atoms with Gasteiger partial charge < -0.3 is 10.6 Å². The number of hydrogen-bond donors (Lipinski definition) is 1. The van der Waals surface area contributed by atoms with Crippen molar-refractivity contribution in [2.45, 2.75) is 63.8 Å². The van der Waals surface area contributed by atoms with Crippen molar-refractivity contribution in [2.24, 2.45) is 5.73 Å². The van der Waals surface area contributed by atoms with Gasteiger partial charge in [-0.05, 0) is 32.6 Å². The summed E-state index contributed by atoms with van der Waals surface area (Å²) in [6.07, 6.45) is 10.8. The van der Waals surface area contributed by atoms with Crippen LogP contribution in [-0.2, 0) is 0 Å². The lowest BCUT2D eigenvalue weighted by atomic mass is 9.88. The van der Waals surface area contributed by atoms with Crippen LogP contribution in [0.1, 0.15) is 62.4 Å². The van der Waals surface area contributed by atoms with Crippen LogP contribution in [0.3, 0.4) is 0 Å². The van der Waals surface area contributed by atoms with E-state index in [2.05, 4.69) is 16.8 Å². The molecule has 4 nitrogen and oxygen atoms in total. The van der Waals surface area contributed by atoms with Gasteiger partial charge in [0.15, 0.2) is 0 Å². The first-order valence-electron chi connectivity index (χ1n) is 8.08. The topological polar surface area (TPSA) is 55.0 Å². The molecule has 0 radical (unpaired) electrons. The highest BCUT2D eigenvalue weighted by atomic mass is 15.2. The van der Waals surface area contributed by atoms with Crippen LogP contribution in [0.25, 0.3) is 0 Å². The van der Waals surface area contributed by atoms with Crippen molar-refractivity contribution in [1.82, 2.24) is 9.97 Å². The average molecular weight is 274 g/mol. The van der Waals surface area contributed by atoms with Gasteiger partial charge in [-0.1, -0.05) is 19.3 Å². The van der Waals surface area contributed by atoms with Crippen LogP contribution in [0.15, 0.2) is 6.20 Å². The lowest BCUT2D eigenvalue weighted by Gasteiger charge is -2.32. The van der Waals surface area contributed by atoms with E-state index in [4.69, 9.17) is 10.7 Å². The van der Waals surface area contributed by atoms with Crippen LogP contribution < -0.4 is 10.6 Å². The number of rotatable bonds is 2. The third kappa shape index (κ3) is 2.95. The summed E-state index contributed by atoms with van der Waals surface area (Å²) >= 11 is 0. The van der Waals surface area contributed by atoms with Crippen molar-refractivity contribution in [3.63, 3.8) is 0 Å². The Balaban J connectivity index is 1.73. The fourth-order valence-corrected chi connectivity index (χ4v) is 3.49. The maximum atomic E-state index is 5.98. The minimum atomic E-state index is 0.369. The number of aryl methyl sites for hydroxylation is 1. The summed E-state index contributed by atoms with van der Waals surface area (Å²) in [7, 11) is 0. The first-order chi connectivity index (χ1) is 9.74. The highest BCUT2D eigenvalue weighted by Gasteiger charge is 2.21. The Morgan fingerprint density at radius 1 is 1.10 bits per heavy atom. The van der Waals surface area contributed by atoms with Crippen molar-refractivity contribution in [3.05, 3.63) is 17.7 Å². The summed E-state index contributed by atoms with van der Waals surface area (Å²) < 4.78 is 0. The average Bonchev–Trinajstić information content (AvgIpc) is 2.49. The molecule has 0 amide bonds. The van der Waals surface area contributed by atoms with Crippen LogP contribution in [-0.4, -0.2) is 29.1 Å². The third-order valence-corrected chi connectivity index (χ3v) is 4.82. The number of aromatic nitrogens is 2. The van der Waals surface area contributed by atoms with E-state index in [0.29, 0.717) is 12.0 Å². The molecule has 2 aliphatic rings. The third-order valence-electron chi connectivity index (χ3n) is 4.82. The van der Waals surface area contributed by atoms with Gasteiger partial charge in [0.2, 0.25) is 0 Å². The summed E-state index contributed by atoms with van der Waals surface area (Å²) in [5, 5.41) is 0. The molecule has 110 valence electrons. The van der Waals surface area contributed by atoms with Gasteiger partial charge in [0, 0.05) is 25.0 Å². The minimum absolute atomic E-state index is 0.369. The largest absolute Gasteiger partial charge is 0.369 e. The van der Waals surface area contributed by atoms with Crippen molar-refractivity contribution in [1.29, 1.82) is 0 Å². The van der Waals surface area contributed by atoms with Gasteiger partial charge in [-0.2, -0.15) is 0 Å². The van der Waals surface area contributed by atoms with E-state index in [9.17, 15) is 0 Å². The second-order valence-electron chi connectivity index (χ2n) is 6.36. The van der Waals surface area contributed by atoms with E-state index < -0.39 is 0 Å². The van der Waals surface area contributed by atoms with E-state index in [1.165, 1.54) is 37.8 Å². The van der Waals surface area contributed by atoms with Gasteiger partial charge in [-0.25, -0.2) is 9.97 Å². The number of nitrogens with zero attached hydrogens (tertiary/aromatic N) is 3. The van der Waals surface area contributed by atoms with E-state index in [0.717, 1.165) is 37.4 Å². The number of nitrogens with two attached hydrogens (primary N) is 1. The molecule has 1 saturated carbocycles. The molecule has 0 aromatic carbocycles. The fourth-order valence-electron chi connectivity index (χ4n) is 3.49. The Hall–Kier alpha value is -1.16. The van der Waals surface area contributed by atoms with Gasteiger partial charge in [-0.3, -0.25) is 0 Å². The molecule has 2 heterocycles. The summed E-state index contributed by atoms with van der Waals surface area (Å²) in [6.45, 7) is 4.19. The molecule has 0 atom stereocenters. The quantitative estimate of drug-likeness (QED) is 0.901. The number of anilines is 1. The molecule has 0 unspecified atom stereocenters. The Morgan fingerprint density at radius 2 is 1.80 bits per heavy atom. The van der Waals surface area contributed by atoms with Crippen molar-refractivity contribution >= 4 is 5.69 Å². The van der Waals surface area contributed by atoms with E-state index >= 15 is 0 Å². The summed E-state index contributed by atoms with van der Waals surface area (Å²) in [4.78, 5) is 11.9. The van der Waals surface area contributed by atoms with E-state index in [1.54, 1.807) is 0 Å². The van der Waals surface area contributed by atoms with Gasteiger partial charge in [-0.15, -0.1) is 0 Å². The number of hydrogen-bond acceptors (Lipinski definition) is 4. The van der Waals surface area contributed by atoms with Crippen molar-refractivity contribution in [3.8, 4) is 0 Å². The lowest BCUT2D eigenvalue weighted by molar-refractivity contribution is 0.427. The smallest absolute Gasteiger partial charge is 0.131 e. The predicted octanol–water partition coefficient (Wildman–Crippen LogP) is 2.76. The first kappa shape index (κ1) is 13.8. The highest BCUT2D eigenvalue weighted by molar-refractivity contribution is 5.49. The molecular weight excluding hydrogens is 248 g/mol. The zero-order chi connectivity index (χ0) is 13.9. The maximum absolute atomic E-state index is 5.98. The first-order valence-corrected chi connectivity index (χ1v) is 8.08. The summed E-state index contributed by atoms with van der Waals surface area (Å²) in [6, 6.07) is 0.369. The van der Waals surface area contributed by atoms with Crippen LogP contribution in [0.2, 0.25) is 0 Å². The van der Waals surface area contributed by atoms with Crippen LogP contribution >= 0.6 is 0 Å². The second-order valence-corrected chi connectivity index (χ2v) is 6.36. The van der Waals surface area contributed by atoms with Gasteiger partial charge in [0.05, 0.1) is 17.6 Å². The van der Waals surface area contributed by atoms with Crippen molar-refractivity contribution < 1.29 is 0 Å². The van der Waals surface area contributed by atoms with Crippen LogP contribution in [0.4, 0.5) is 5.69 Å². The number of piperidine rings is 1. The molecule has 1 aromatic rings. The Morgan fingerprint density at radius 3 is 2.45 bits per heavy atom. The molecule has 1 saturated heterocycles. The van der Waals surface area contributed by atoms with E-state index in [-0.39, 0.29) is 0 Å². The van der Waals surface area contributed by atoms with Crippen LogP contribution in [0.5, 0.6) is 0 Å². The lowest BCUT2D eigenvalue weighted by Crippen LogP contribution is -2.40. The van der Waals surface area contributed by atoms with Gasteiger partial charge in [0.1, 0.15) is 5.82 Å². The van der Waals surface area contributed by atoms with Crippen LogP contribution in [0, 0.1) is 6.92 Å². The molecule has 1 aliphatic carbocycles. The standard InChI is InChI=1S/C16H26N4/c1-12-15(20-9-7-14(17)8-10-20)11-18-16(19-12)13-5-3-2-4-6-13/h11,13-14H,2-10,17H2,1H3. The van der Waals surface area contributed by atoms with Gasteiger partial charge >= 0.3 is 0 Å². The van der Waals surface area contributed by atoms with E-state index in [1.807, 2.05) is 6.20 Å². The molecule has 3 rings (SSSR count). The molecule has 0 spiro atoms. The zero-order valence-electron chi connectivity index (χ0n) is 12.5. The highest BCUT2D eigenvalue weighted by Crippen LogP contribution is 2.31. The normalized spacial score (nSPS) is 22.2. The Kier molecular flexibility index (Phi) is 4.20. The molecule has 1 aliphatic heterocycles. The molecule has 1 aromatic heterocycles. The Bertz CT molecular complexity index is 446. The molecular formula is C16H26N4. The summed E-state index contributed by atoms with van der Waals surface area (Å²) in [5.41, 5.74) is 8.32. The predicted molar refractivity (Wildman–Crippen MR) is 82.0 cm³/mol. The fraction of sp³-hybridized carbons (Fsp3) is 0.750. The maximum Gasteiger partial charge on any atom is 0.131 e. The second kappa shape index (κ2) is 6.08. The SMILES string of the molecule is Cc1nc(C2CCCCC2)ncc1N1CCC(N)CC1. The minimum Gasteiger partial charge on any atom is -0.369 e. The Labute approximate surface area is 121 Å². The van der Waals surface area contributed by atoms with Crippen molar-refractivity contribution in [2.75, 3.05) is 18.0 Å². The molecule has 4 heteroatoms.